The van der Waals surface area contributed by atoms with Crippen molar-refractivity contribution >= 4 is 0 Å². The zero-order valence-corrected chi connectivity index (χ0v) is 7.96. The molecule has 0 aromatic rings. The lowest BCUT2D eigenvalue weighted by Gasteiger charge is -2.35. The van der Waals surface area contributed by atoms with E-state index in [4.69, 9.17) is 6.42 Å². The predicted octanol–water partition coefficient (Wildman–Crippen LogP) is 1.94. The summed E-state index contributed by atoms with van der Waals surface area (Å²) in [6, 6.07) is 3.50. The van der Waals surface area contributed by atoms with Crippen LogP contribution in [0.4, 0.5) is 0 Å². The highest BCUT2D eigenvalue weighted by atomic mass is 15.2. The van der Waals surface area contributed by atoms with Crippen LogP contribution in [0.25, 0.3) is 0 Å². The first-order valence-electron chi connectivity index (χ1n) is 4.97. The van der Waals surface area contributed by atoms with Crippen LogP contribution in [-0.2, 0) is 0 Å². The molecule has 2 fully saturated rings. The van der Waals surface area contributed by atoms with Gasteiger partial charge in [0.15, 0.2) is 0 Å². The van der Waals surface area contributed by atoms with E-state index in [1.165, 1.54) is 12.8 Å². The molecule has 2 rings (SSSR count). The Labute approximate surface area is 75.1 Å². The van der Waals surface area contributed by atoms with E-state index in [0.29, 0.717) is 6.04 Å². The molecular weight excluding hydrogens is 146 g/mol. The number of fused-ring (bicyclic) bond motifs is 1. The molecule has 1 heteroatoms. The van der Waals surface area contributed by atoms with Crippen molar-refractivity contribution in [3.05, 3.63) is 0 Å². The third-order valence-corrected chi connectivity index (χ3v) is 3.55. The van der Waals surface area contributed by atoms with Gasteiger partial charge in [0.1, 0.15) is 0 Å². The molecule has 0 spiro atoms. The third kappa shape index (κ3) is 0.941. The lowest BCUT2D eigenvalue weighted by molar-refractivity contribution is 0.167. The van der Waals surface area contributed by atoms with E-state index in [0.717, 1.165) is 24.3 Å². The van der Waals surface area contributed by atoms with Crippen molar-refractivity contribution in [3.63, 3.8) is 0 Å². The molecular formula is C11H17N. The topological polar surface area (TPSA) is 3.24 Å². The second kappa shape index (κ2) is 2.69. The molecule has 3 unspecified atom stereocenters. The summed E-state index contributed by atoms with van der Waals surface area (Å²) in [4.78, 5) is 2.23. The Hall–Kier alpha value is -0.640. The highest BCUT2D eigenvalue weighted by Gasteiger charge is 2.47. The maximum absolute atomic E-state index is 5.49. The Morgan fingerprint density at radius 1 is 1.42 bits per heavy atom. The van der Waals surface area contributed by atoms with Crippen LogP contribution >= 0.6 is 0 Å². The highest BCUT2D eigenvalue weighted by molar-refractivity contribution is 5.06. The van der Waals surface area contributed by atoms with Gasteiger partial charge in [-0.15, -0.1) is 0 Å². The predicted molar refractivity (Wildman–Crippen MR) is 50.4 cm³/mol. The molecule has 1 heterocycles. The number of nitrogens with zero attached hydrogens (tertiary/aromatic N) is 1. The maximum Gasteiger partial charge on any atom is 0.0425 e. The Bertz CT molecular complexity index is 214. The van der Waals surface area contributed by atoms with E-state index < -0.39 is 0 Å². The van der Waals surface area contributed by atoms with Crippen molar-refractivity contribution in [2.24, 2.45) is 17.8 Å². The minimum atomic E-state index is 0.675. The molecule has 1 saturated heterocycles. The van der Waals surface area contributed by atoms with E-state index in [-0.39, 0.29) is 0 Å². The maximum atomic E-state index is 5.49. The van der Waals surface area contributed by atoms with Gasteiger partial charge in [0, 0.05) is 18.6 Å². The van der Waals surface area contributed by atoms with Crippen molar-refractivity contribution < 1.29 is 0 Å². The lowest BCUT2D eigenvalue weighted by Crippen LogP contribution is -2.36. The summed E-state index contributed by atoms with van der Waals surface area (Å²) < 4.78 is 0. The minimum Gasteiger partial charge on any atom is -0.329 e. The monoisotopic (exact) mass is 163 g/mol. The molecule has 1 aliphatic heterocycles. The fraction of sp³-hybridized carbons (Fsp3) is 0.818. The van der Waals surface area contributed by atoms with Gasteiger partial charge in [0.2, 0.25) is 0 Å². The smallest absolute Gasteiger partial charge is 0.0425 e. The Morgan fingerprint density at radius 3 is 2.58 bits per heavy atom. The van der Waals surface area contributed by atoms with Gasteiger partial charge < -0.3 is 4.90 Å². The number of rotatable bonds is 1. The second-order valence-corrected chi connectivity index (χ2v) is 4.52. The molecule has 0 aromatic carbocycles. The molecule has 12 heavy (non-hydrogen) atoms. The first kappa shape index (κ1) is 7.98. The van der Waals surface area contributed by atoms with Crippen molar-refractivity contribution in [1.29, 1.82) is 0 Å². The fourth-order valence-corrected chi connectivity index (χ4v) is 2.87. The van der Waals surface area contributed by atoms with Crippen molar-refractivity contribution in [3.8, 4) is 12.5 Å². The second-order valence-electron chi connectivity index (χ2n) is 4.52. The van der Waals surface area contributed by atoms with Crippen LogP contribution < -0.4 is 0 Å². The molecule has 0 N–H and O–H groups in total. The molecule has 0 amide bonds. The summed E-state index contributed by atoms with van der Waals surface area (Å²) in [6.07, 6.45) is 8.31. The first-order chi connectivity index (χ1) is 5.74. The molecule has 0 aromatic heterocycles. The largest absolute Gasteiger partial charge is 0.329 e. The molecule has 2 aliphatic rings. The number of hydrogen-bond acceptors (Lipinski definition) is 1. The molecule has 3 atom stereocenters. The van der Waals surface area contributed by atoms with Gasteiger partial charge in [-0.2, -0.15) is 0 Å². The summed E-state index contributed by atoms with van der Waals surface area (Å²) >= 11 is 0. The Morgan fingerprint density at radius 2 is 2.17 bits per heavy atom. The van der Waals surface area contributed by atoms with Crippen LogP contribution in [0, 0.1) is 30.2 Å². The molecule has 1 saturated carbocycles. The molecule has 0 bridgehead atoms. The van der Waals surface area contributed by atoms with Gasteiger partial charge in [-0.3, -0.25) is 0 Å². The SMILES string of the molecule is C#CN1CC2CCC2C1C(C)C. The summed E-state index contributed by atoms with van der Waals surface area (Å²) in [7, 11) is 0. The van der Waals surface area contributed by atoms with Gasteiger partial charge in [0.25, 0.3) is 0 Å². The Kier molecular flexibility index (Phi) is 1.79. The van der Waals surface area contributed by atoms with Crippen LogP contribution in [0.15, 0.2) is 0 Å². The van der Waals surface area contributed by atoms with Gasteiger partial charge in [-0.25, -0.2) is 0 Å². The fourth-order valence-electron chi connectivity index (χ4n) is 2.87. The standard InChI is InChI=1S/C11H17N/c1-4-12-7-9-5-6-10(9)11(12)8(2)3/h1,8-11H,5-7H2,2-3H3. The molecule has 1 nitrogen and oxygen atoms in total. The lowest BCUT2D eigenvalue weighted by atomic mass is 9.71. The van der Waals surface area contributed by atoms with Gasteiger partial charge in [-0.1, -0.05) is 20.3 Å². The number of likely N-dealkylation sites (tertiary alicyclic amines) is 1. The van der Waals surface area contributed by atoms with Crippen LogP contribution in [0.2, 0.25) is 0 Å². The normalized spacial score (nSPS) is 39.2. The van der Waals surface area contributed by atoms with E-state index in [9.17, 15) is 0 Å². The first-order valence-corrected chi connectivity index (χ1v) is 4.97. The van der Waals surface area contributed by atoms with Gasteiger partial charge in [0.05, 0.1) is 0 Å². The zero-order valence-electron chi connectivity index (χ0n) is 7.96. The van der Waals surface area contributed by atoms with Crippen LogP contribution in [0.3, 0.4) is 0 Å². The van der Waals surface area contributed by atoms with Crippen molar-refractivity contribution in [2.45, 2.75) is 32.7 Å². The van der Waals surface area contributed by atoms with Crippen molar-refractivity contribution in [2.75, 3.05) is 6.54 Å². The highest BCUT2D eigenvalue weighted by Crippen LogP contribution is 2.46. The summed E-state index contributed by atoms with van der Waals surface area (Å²) in [6.45, 7) is 5.73. The molecule has 66 valence electrons. The van der Waals surface area contributed by atoms with Crippen molar-refractivity contribution in [1.82, 2.24) is 4.90 Å². The van der Waals surface area contributed by atoms with E-state index in [1.54, 1.807) is 0 Å². The number of hydrogen-bond donors (Lipinski definition) is 0. The minimum absolute atomic E-state index is 0.675. The Balaban J connectivity index is 2.13. The molecule has 0 radical (unpaired) electrons. The summed E-state index contributed by atoms with van der Waals surface area (Å²) in [5, 5.41) is 0. The average molecular weight is 163 g/mol. The van der Waals surface area contributed by atoms with Crippen LogP contribution in [-0.4, -0.2) is 17.5 Å². The summed E-state index contributed by atoms with van der Waals surface area (Å²) in [5.74, 6) is 2.56. The van der Waals surface area contributed by atoms with Crippen LogP contribution in [0.1, 0.15) is 26.7 Å². The third-order valence-electron chi connectivity index (χ3n) is 3.55. The summed E-state index contributed by atoms with van der Waals surface area (Å²) in [5.41, 5.74) is 0. The van der Waals surface area contributed by atoms with Gasteiger partial charge in [-0.05, 0) is 30.6 Å². The quantitative estimate of drug-likeness (QED) is 0.534. The van der Waals surface area contributed by atoms with E-state index >= 15 is 0 Å². The van der Waals surface area contributed by atoms with Gasteiger partial charge >= 0.3 is 0 Å². The van der Waals surface area contributed by atoms with E-state index in [2.05, 4.69) is 24.8 Å². The van der Waals surface area contributed by atoms with Crippen LogP contribution in [0.5, 0.6) is 0 Å². The zero-order chi connectivity index (χ0) is 8.72. The molecule has 1 aliphatic carbocycles. The number of terminal acetylenes is 1. The average Bonchev–Trinajstić information content (AvgIpc) is 2.23. The van der Waals surface area contributed by atoms with E-state index in [1.807, 2.05) is 0 Å².